The van der Waals surface area contributed by atoms with Crippen molar-refractivity contribution < 1.29 is 98.0 Å². The van der Waals surface area contributed by atoms with E-state index >= 15 is 0 Å². The first-order valence-corrected chi connectivity index (χ1v) is 7.42. The van der Waals surface area contributed by atoms with Gasteiger partial charge in [0.25, 0.3) is 0 Å². The Morgan fingerprint density at radius 2 is 1.21 bits per heavy atom. The third kappa shape index (κ3) is 3.75. The summed E-state index contributed by atoms with van der Waals surface area (Å²) < 4.78 is 9.10. The number of rotatable bonds is 2. The van der Waals surface area contributed by atoms with Gasteiger partial charge in [-0.2, -0.15) is 0 Å². The number of carboxylic acid groups (broad SMARTS) is 2. The van der Waals surface area contributed by atoms with Crippen LogP contribution in [0.2, 0.25) is 0 Å². The van der Waals surface area contributed by atoms with Crippen LogP contribution in [0.5, 0.6) is 0 Å². The third-order valence-corrected chi connectivity index (χ3v) is 4.55. The fraction of sp³-hybridized carbons (Fsp3) is 0.200. The zero-order valence-corrected chi connectivity index (χ0v) is 17.9. The van der Waals surface area contributed by atoms with Crippen molar-refractivity contribution in [2.45, 2.75) is 11.1 Å². The van der Waals surface area contributed by atoms with Crippen LogP contribution in [0.15, 0.2) is 22.2 Å². The van der Waals surface area contributed by atoms with Crippen LogP contribution >= 0.6 is 23.5 Å². The summed E-state index contributed by atoms with van der Waals surface area (Å²) in [6, 6.07) is 0. The molecule has 2 atom stereocenters. The minimum Gasteiger partial charge on any atom is -0.543 e. The predicted molar refractivity (Wildman–Crippen MR) is 65.6 cm³/mol. The van der Waals surface area contributed by atoms with Gasteiger partial charge in [0, 0.05) is 10.8 Å². The van der Waals surface area contributed by atoms with E-state index in [-0.39, 0.29) is 70.5 Å². The number of carbonyl (C=O) groups is 4. The predicted octanol–water partition coefficient (Wildman–Crippen LogP) is -7.87. The van der Waals surface area contributed by atoms with Crippen molar-refractivity contribution in [1.29, 1.82) is 0 Å². The molecule has 116 valence electrons. The molecule has 0 aliphatic carbocycles. The molecule has 0 aromatic rings. The average Bonchev–Trinajstić information content (AvgIpc) is 2.96. The van der Waals surface area contributed by atoms with E-state index in [9.17, 15) is 29.4 Å². The molecule has 4 aliphatic heterocycles. The summed E-state index contributed by atoms with van der Waals surface area (Å²) in [6.45, 7) is 0. The van der Waals surface area contributed by atoms with Crippen molar-refractivity contribution in [3.05, 3.63) is 22.2 Å². The van der Waals surface area contributed by atoms with Crippen molar-refractivity contribution in [3.8, 4) is 0 Å². The molecule has 0 N–H and O–H groups in total. The Bertz CT molecular complexity index is 613. The standard InChI is InChI=1S/2C5H3NO4S.2Na/c2*7-3(8)2-1-11-5-6(2)4(9)10-5;;/h2*1,5H,(H,7,8);;/q;;2*+1/p-2/t2*5-;;/m00../s1. The molecular weight excluding hydrogens is 386 g/mol. The summed E-state index contributed by atoms with van der Waals surface area (Å²) >= 11 is 2.26. The Morgan fingerprint density at radius 3 is 1.42 bits per heavy atom. The minimum atomic E-state index is -1.35. The van der Waals surface area contributed by atoms with Gasteiger partial charge in [-0.1, -0.05) is 23.5 Å². The summed E-state index contributed by atoms with van der Waals surface area (Å²) in [5.74, 6) is -2.70. The Kier molecular flexibility index (Phi) is 7.56. The van der Waals surface area contributed by atoms with Crippen LogP contribution < -0.4 is 69.3 Å². The minimum absolute atomic E-state index is 0. The quantitative estimate of drug-likeness (QED) is 0.418. The normalized spacial score (nSPS) is 24.7. The van der Waals surface area contributed by atoms with E-state index in [0.29, 0.717) is 0 Å². The largest absolute Gasteiger partial charge is 1.00 e. The van der Waals surface area contributed by atoms with Crippen molar-refractivity contribution in [1.82, 2.24) is 9.80 Å². The molecule has 0 unspecified atom stereocenters. The van der Waals surface area contributed by atoms with Crippen LogP contribution in [0.1, 0.15) is 0 Å². The van der Waals surface area contributed by atoms with Gasteiger partial charge in [0.15, 0.2) is 0 Å². The Balaban J connectivity index is 0.000000222. The summed E-state index contributed by atoms with van der Waals surface area (Å²) in [5, 5.41) is 23.3. The second kappa shape index (κ2) is 8.36. The second-order valence-corrected chi connectivity index (χ2v) is 5.80. The molecule has 0 saturated carbocycles. The van der Waals surface area contributed by atoms with E-state index in [1.165, 1.54) is 10.8 Å². The molecule has 0 radical (unpaired) electrons. The van der Waals surface area contributed by atoms with Gasteiger partial charge in [-0.05, 0) is 0 Å². The van der Waals surface area contributed by atoms with Crippen LogP contribution in [0.3, 0.4) is 0 Å². The number of hydrogen-bond acceptors (Lipinski definition) is 10. The number of carbonyl (C=O) groups excluding carboxylic acids is 4. The summed E-state index contributed by atoms with van der Waals surface area (Å²) in [4.78, 5) is 43.8. The van der Waals surface area contributed by atoms with Gasteiger partial charge in [-0.3, -0.25) is 0 Å². The van der Waals surface area contributed by atoms with Crippen molar-refractivity contribution in [2.24, 2.45) is 0 Å². The number of carboxylic acids is 2. The van der Waals surface area contributed by atoms with Gasteiger partial charge in [-0.15, -0.1) is 0 Å². The third-order valence-electron chi connectivity index (χ3n) is 2.75. The summed E-state index contributed by atoms with van der Waals surface area (Å²) in [6.07, 6.45) is -1.26. The number of fused-ring (bicyclic) bond motifs is 2. The Labute approximate surface area is 187 Å². The maximum atomic E-state index is 10.6. The first-order chi connectivity index (χ1) is 10.4. The number of ether oxygens (including phenoxy) is 2. The molecule has 0 aromatic carbocycles. The van der Waals surface area contributed by atoms with E-state index in [1.54, 1.807) is 0 Å². The van der Waals surface area contributed by atoms with Gasteiger partial charge in [0.05, 0.1) is 23.3 Å². The molecule has 4 aliphatic rings. The molecule has 10 nitrogen and oxygen atoms in total. The van der Waals surface area contributed by atoms with Crippen molar-refractivity contribution >= 4 is 47.6 Å². The van der Waals surface area contributed by atoms with Crippen molar-refractivity contribution in [3.63, 3.8) is 0 Å². The topological polar surface area (TPSA) is 139 Å². The molecule has 4 rings (SSSR count). The fourth-order valence-electron chi connectivity index (χ4n) is 1.72. The zero-order chi connectivity index (χ0) is 16.0. The van der Waals surface area contributed by atoms with Crippen LogP contribution in [0.4, 0.5) is 9.59 Å². The Hall–Kier alpha value is -0.340. The summed E-state index contributed by atoms with van der Waals surface area (Å²) in [5.41, 5.74) is -1.18. The number of amides is 2. The second-order valence-electron chi connectivity index (χ2n) is 3.97. The van der Waals surface area contributed by atoms with Gasteiger partial charge < -0.3 is 29.3 Å². The van der Waals surface area contributed by atoms with Gasteiger partial charge in [-0.25, -0.2) is 19.4 Å². The smallest absolute Gasteiger partial charge is 0.543 e. The molecule has 0 aromatic heterocycles. The zero-order valence-electron chi connectivity index (χ0n) is 12.3. The van der Waals surface area contributed by atoms with Crippen LogP contribution in [0.25, 0.3) is 0 Å². The molecule has 14 heteroatoms. The molecule has 2 amide bonds. The van der Waals surface area contributed by atoms with E-state index in [0.717, 1.165) is 33.3 Å². The number of hydrogen-bond donors (Lipinski definition) is 0. The van der Waals surface area contributed by atoms with E-state index in [1.807, 2.05) is 0 Å². The first kappa shape index (κ1) is 21.7. The molecule has 0 spiro atoms. The Morgan fingerprint density at radius 1 is 0.875 bits per heavy atom. The maximum Gasteiger partial charge on any atom is 1.00 e. The van der Waals surface area contributed by atoms with E-state index in [2.05, 4.69) is 9.47 Å². The van der Waals surface area contributed by atoms with Crippen molar-refractivity contribution in [2.75, 3.05) is 0 Å². The molecule has 4 heterocycles. The SMILES string of the molecule is O=C([O-])C1=CS[C@@H]2OC(=O)N12.O=C([O-])C1=CS[C@@H]2OC(=O)N12.[Na+].[Na+]. The van der Waals surface area contributed by atoms with Gasteiger partial charge in [0.1, 0.15) is 0 Å². The van der Waals surface area contributed by atoms with Crippen LogP contribution in [-0.2, 0) is 19.1 Å². The fourth-order valence-corrected chi connectivity index (χ4v) is 3.55. The average molecular weight is 390 g/mol. The first-order valence-electron chi connectivity index (χ1n) is 5.54. The number of aliphatic carboxylic acids is 2. The van der Waals surface area contributed by atoms with E-state index < -0.39 is 35.2 Å². The van der Waals surface area contributed by atoms with E-state index in [4.69, 9.17) is 0 Å². The molecular formula is C10H4N2Na2O8S2. The number of nitrogens with zero attached hydrogens (tertiary/aromatic N) is 2. The van der Waals surface area contributed by atoms with Crippen LogP contribution in [-0.4, -0.2) is 45.0 Å². The molecule has 2 fully saturated rings. The summed E-state index contributed by atoms with van der Waals surface area (Å²) in [7, 11) is 0. The molecule has 2 saturated heterocycles. The number of thioether (sulfide) groups is 2. The maximum absolute atomic E-state index is 10.6. The van der Waals surface area contributed by atoms with Crippen LogP contribution in [0, 0.1) is 0 Å². The molecule has 24 heavy (non-hydrogen) atoms. The van der Waals surface area contributed by atoms with Gasteiger partial charge >= 0.3 is 71.3 Å². The molecule has 0 bridgehead atoms. The monoisotopic (exact) mass is 390 g/mol. The van der Waals surface area contributed by atoms with Gasteiger partial charge in [0.2, 0.25) is 11.1 Å².